The first-order chi connectivity index (χ1) is 25.4. The Labute approximate surface area is 304 Å². The number of amides is 3. The highest BCUT2D eigenvalue weighted by Gasteiger charge is 2.37. The molecule has 1 atom stereocenters. The number of fused-ring (bicyclic) bond motifs is 1. The van der Waals surface area contributed by atoms with Crippen LogP contribution in [0.25, 0.3) is 22.0 Å². The molecule has 3 amide bonds. The van der Waals surface area contributed by atoms with Gasteiger partial charge < -0.3 is 24.6 Å². The van der Waals surface area contributed by atoms with Crippen molar-refractivity contribution < 1.29 is 33.0 Å². The molecule has 15 heteroatoms. The van der Waals surface area contributed by atoms with Crippen LogP contribution in [0, 0.1) is 11.6 Å². The van der Waals surface area contributed by atoms with Gasteiger partial charge in [-0.15, -0.1) is 0 Å². The number of aliphatic hydroxyl groups is 1. The van der Waals surface area contributed by atoms with Crippen LogP contribution in [0.5, 0.6) is 5.75 Å². The summed E-state index contributed by atoms with van der Waals surface area (Å²) in [4.78, 5) is 53.1. The number of hydrogen-bond donors (Lipinski definition) is 4. The normalized spacial score (nSPS) is 19.7. The summed E-state index contributed by atoms with van der Waals surface area (Å²) in [6.45, 7) is 2.07. The van der Waals surface area contributed by atoms with Gasteiger partial charge in [-0.1, -0.05) is 6.07 Å². The van der Waals surface area contributed by atoms with Gasteiger partial charge in [-0.25, -0.2) is 8.78 Å². The number of H-pyrrole nitrogens is 1. The quantitative estimate of drug-likeness (QED) is 0.189. The van der Waals surface area contributed by atoms with Crippen molar-refractivity contribution in [3.63, 3.8) is 0 Å². The number of nitrogens with zero attached hydrogens (tertiary/aromatic N) is 4. The summed E-state index contributed by atoms with van der Waals surface area (Å²) < 4.78 is 37.9. The topological polar surface area (TPSA) is 162 Å². The fourth-order valence-electron chi connectivity index (χ4n) is 7.83. The Bertz CT molecular complexity index is 2120. The van der Waals surface area contributed by atoms with Crippen LogP contribution in [0.1, 0.15) is 62.0 Å². The molecule has 3 aliphatic rings. The number of halogens is 2. The van der Waals surface area contributed by atoms with Crippen molar-refractivity contribution in [2.45, 2.75) is 69.1 Å². The summed E-state index contributed by atoms with van der Waals surface area (Å²) in [5.41, 5.74) is 1.49. The van der Waals surface area contributed by atoms with Crippen LogP contribution in [-0.4, -0.2) is 92.3 Å². The van der Waals surface area contributed by atoms with Crippen molar-refractivity contribution in [2.24, 2.45) is 7.05 Å². The Balaban J connectivity index is 0.916. The van der Waals surface area contributed by atoms with Gasteiger partial charge in [0, 0.05) is 74.6 Å². The molecule has 4 aromatic rings. The van der Waals surface area contributed by atoms with Crippen molar-refractivity contribution in [2.75, 3.05) is 38.6 Å². The number of imide groups is 1. The van der Waals surface area contributed by atoms with E-state index in [4.69, 9.17) is 4.74 Å². The summed E-state index contributed by atoms with van der Waals surface area (Å²) in [6.07, 6.45) is 5.59. The Kier molecular flexibility index (Phi) is 10.0. The van der Waals surface area contributed by atoms with Crippen LogP contribution in [0.15, 0.2) is 47.5 Å². The lowest BCUT2D eigenvalue weighted by Crippen LogP contribution is -2.48. The molecule has 0 spiro atoms. The lowest BCUT2D eigenvalue weighted by atomic mass is 9.86. The summed E-state index contributed by atoms with van der Waals surface area (Å²) in [5, 5.41) is 24.0. The van der Waals surface area contributed by atoms with Crippen molar-refractivity contribution in [1.29, 1.82) is 0 Å². The highest BCUT2D eigenvalue weighted by atomic mass is 19.1. The number of ether oxygens (including phenoxy) is 1. The number of methoxy groups -OCH3 is 1. The molecule has 3 saturated heterocycles. The summed E-state index contributed by atoms with van der Waals surface area (Å²) in [5.74, 6) is -1.43. The maximum absolute atomic E-state index is 15.7. The van der Waals surface area contributed by atoms with Crippen LogP contribution < -0.4 is 20.9 Å². The zero-order valence-electron chi connectivity index (χ0n) is 29.7. The smallest absolute Gasteiger partial charge is 0.276 e. The first kappa shape index (κ1) is 36.2. The molecular weight excluding hydrogens is 688 g/mol. The molecule has 5 heterocycles. The molecule has 0 radical (unpaired) electrons. The first-order valence-corrected chi connectivity index (χ1v) is 17.9. The van der Waals surface area contributed by atoms with E-state index in [2.05, 4.69) is 20.8 Å². The summed E-state index contributed by atoms with van der Waals surface area (Å²) >= 11 is 0. The Morgan fingerprint density at radius 3 is 2.51 bits per heavy atom. The summed E-state index contributed by atoms with van der Waals surface area (Å²) in [7, 11) is 3.11. The number of piperidine rings is 3. The fraction of sp³-hybridized carbons (Fsp3) is 0.447. The molecule has 7 rings (SSSR count). The predicted octanol–water partition coefficient (Wildman–Crippen LogP) is 3.56. The van der Waals surface area contributed by atoms with E-state index in [1.54, 1.807) is 42.5 Å². The minimum Gasteiger partial charge on any atom is -0.496 e. The molecule has 2 aromatic carbocycles. The standard InChI is InChI=1S/C38H43F2N7O6/c1-45-20-27(26-19-41-44-35(26)37(45)51)23-15-29(39)28(32(16-23)53-2)21-46-13-9-38(52,10-14-46)18-34(49)47-11-7-22(8-12-47)25-4-3-24(17-30(25)40)42-31-5-6-33(48)43-36(31)50/h3-4,15-17,19-20,22,31,42,52H,5-14,18,21H2,1-2H3,(H,41,44)(H,43,48,50). The Hall–Kier alpha value is -5.15. The van der Waals surface area contributed by atoms with Gasteiger partial charge in [-0.3, -0.25) is 34.5 Å². The number of carbonyl (C=O) groups excluding carboxylic acids is 3. The summed E-state index contributed by atoms with van der Waals surface area (Å²) in [6, 6.07) is 7.38. The van der Waals surface area contributed by atoms with Crippen LogP contribution in [0.3, 0.4) is 0 Å². The molecule has 1 unspecified atom stereocenters. The third-order valence-corrected chi connectivity index (χ3v) is 11.0. The largest absolute Gasteiger partial charge is 0.496 e. The van der Waals surface area contributed by atoms with Crippen molar-refractivity contribution in [3.05, 3.63) is 75.8 Å². The maximum Gasteiger partial charge on any atom is 0.276 e. The fourth-order valence-corrected chi connectivity index (χ4v) is 7.83. The number of aromatic nitrogens is 3. The maximum atomic E-state index is 15.7. The average Bonchev–Trinajstić information content (AvgIpc) is 3.63. The van der Waals surface area contributed by atoms with E-state index in [-0.39, 0.29) is 48.5 Å². The van der Waals surface area contributed by atoms with Crippen LogP contribution in [-0.2, 0) is 28.0 Å². The number of aromatic amines is 1. The van der Waals surface area contributed by atoms with Gasteiger partial charge in [0.05, 0.1) is 25.3 Å². The van der Waals surface area contributed by atoms with Crippen LogP contribution >= 0.6 is 0 Å². The van der Waals surface area contributed by atoms with Gasteiger partial charge in [-0.2, -0.15) is 5.10 Å². The minimum absolute atomic E-state index is 0.0188. The molecular formula is C38H43F2N7O6. The number of likely N-dealkylation sites (tertiary alicyclic amines) is 2. The van der Waals surface area contributed by atoms with Crippen LogP contribution in [0.2, 0.25) is 0 Å². The van der Waals surface area contributed by atoms with Gasteiger partial charge in [0.1, 0.15) is 28.9 Å². The number of carbonyl (C=O) groups is 3. The molecule has 3 fully saturated rings. The Morgan fingerprint density at radius 2 is 1.81 bits per heavy atom. The Morgan fingerprint density at radius 1 is 1.06 bits per heavy atom. The van der Waals surface area contributed by atoms with Crippen molar-refractivity contribution in [3.8, 4) is 16.9 Å². The van der Waals surface area contributed by atoms with E-state index in [0.717, 1.165) is 0 Å². The van der Waals surface area contributed by atoms with E-state index < -0.39 is 23.4 Å². The molecule has 4 N–H and O–H groups in total. The van der Waals surface area contributed by atoms with Gasteiger partial charge in [0.15, 0.2) is 0 Å². The first-order valence-electron chi connectivity index (χ1n) is 17.9. The SMILES string of the molecule is COc1cc(-c2cn(C)c(=O)c3[nH]ncc23)cc(F)c1CN1CCC(O)(CC(=O)N2CCC(c3ccc(NC4CCC(=O)NC4=O)cc3F)CC2)CC1. The molecule has 53 heavy (non-hydrogen) atoms. The second-order valence-corrected chi connectivity index (χ2v) is 14.5. The number of rotatable bonds is 9. The highest BCUT2D eigenvalue weighted by Crippen LogP contribution is 2.36. The predicted molar refractivity (Wildman–Crippen MR) is 192 cm³/mol. The molecule has 3 aliphatic heterocycles. The second-order valence-electron chi connectivity index (χ2n) is 14.5. The molecule has 0 saturated carbocycles. The number of nitrogens with one attached hydrogen (secondary N) is 3. The molecule has 0 bridgehead atoms. The third kappa shape index (κ3) is 7.53. The lowest BCUT2D eigenvalue weighted by Gasteiger charge is -2.40. The van der Waals surface area contributed by atoms with Gasteiger partial charge in [-0.05, 0) is 73.4 Å². The van der Waals surface area contributed by atoms with E-state index in [9.17, 15) is 24.3 Å². The van der Waals surface area contributed by atoms with E-state index >= 15 is 8.78 Å². The molecule has 0 aliphatic carbocycles. The number of benzene rings is 2. The van der Waals surface area contributed by atoms with Gasteiger partial charge in [0.25, 0.3) is 5.56 Å². The number of aryl methyl sites for hydroxylation is 1. The van der Waals surface area contributed by atoms with E-state index in [1.807, 2.05) is 4.90 Å². The number of anilines is 1. The third-order valence-electron chi connectivity index (χ3n) is 11.0. The zero-order valence-corrected chi connectivity index (χ0v) is 29.7. The van der Waals surface area contributed by atoms with Crippen molar-refractivity contribution >= 4 is 34.3 Å². The average molecular weight is 732 g/mol. The van der Waals surface area contributed by atoms with E-state index in [1.165, 1.54) is 23.8 Å². The second kappa shape index (κ2) is 14.7. The molecule has 13 nitrogen and oxygen atoms in total. The lowest BCUT2D eigenvalue weighted by molar-refractivity contribution is -0.140. The zero-order chi connectivity index (χ0) is 37.4. The highest BCUT2D eigenvalue weighted by molar-refractivity contribution is 6.01. The van der Waals surface area contributed by atoms with E-state index in [0.29, 0.717) is 103 Å². The molecule has 280 valence electrons. The van der Waals surface area contributed by atoms with Crippen molar-refractivity contribution in [1.82, 2.24) is 29.9 Å². The van der Waals surface area contributed by atoms with Crippen LogP contribution in [0.4, 0.5) is 14.5 Å². The molecule has 2 aromatic heterocycles. The monoisotopic (exact) mass is 731 g/mol. The number of pyridine rings is 1. The van der Waals surface area contributed by atoms with Gasteiger partial charge >= 0.3 is 0 Å². The minimum atomic E-state index is -1.19. The number of hydrogen-bond acceptors (Lipinski definition) is 9. The van der Waals surface area contributed by atoms with Gasteiger partial charge in [0.2, 0.25) is 17.7 Å².